The molecule has 0 spiro atoms. The average molecular weight is 269 g/mol. The van der Waals surface area contributed by atoms with E-state index in [1.807, 2.05) is 17.7 Å². The summed E-state index contributed by atoms with van der Waals surface area (Å²) in [6.45, 7) is 2.64. The molecule has 0 saturated carbocycles. The van der Waals surface area contributed by atoms with E-state index in [9.17, 15) is 4.39 Å². The minimum atomic E-state index is -0.229. The Labute approximate surface area is 95.9 Å². The molecule has 2 nitrogen and oxygen atoms in total. The third kappa shape index (κ3) is 2.26. The Kier molecular flexibility index (Phi) is 2.86. The fraction of sp³-hybridized carbons (Fsp3) is 0.182. The molecule has 1 heterocycles. The molecule has 0 aliphatic heterocycles. The van der Waals surface area contributed by atoms with E-state index in [1.165, 1.54) is 12.1 Å². The van der Waals surface area contributed by atoms with Gasteiger partial charge in [-0.25, -0.2) is 9.37 Å². The van der Waals surface area contributed by atoms with E-state index < -0.39 is 0 Å². The van der Waals surface area contributed by atoms with Gasteiger partial charge in [-0.2, -0.15) is 0 Å². The number of rotatable bonds is 2. The number of nitrogens with zero attached hydrogens (tertiary/aromatic N) is 2. The van der Waals surface area contributed by atoms with E-state index in [2.05, 4.69) is 20.9 Å². The van der Waals surface area contributed by atoms with Crippen LogP contribution in [-0.4, -0.2) is 9.55 Å². The van der Waals surface area contributed by atoms with Crippen molar-refractivity contribution in [3.63, 3.8) is 0 Å². The molecule has 0 bridgehead atoms. The first kappa shape index (κ1) is 10.4. The van der Waals surface area contributed by atoms with Crippen LogP contribution < -0.4 is 0 Å². The van der Waals surface area contributed by atoms with Crippen LogP contribution in [0.15, 0.2) is 35.1 Å². The predicted octanol–water partition coefficient (Wildman–Crippen LogP) is 3.14. The smallest absolute Gasteiger partial charge is 0.124 e. The van der Waals surface area contributed by atoms with Crippen molar-refractivity contribution in [3.8, 4) is 0 Å². The molecule has 78 valence electrons. The summed E-state index contributed by atoms with van der Waals surface area (Å²) in [7, 11) is 0. The van der Waals surface area contributed by atoms with E-state index in [0.717, 1.165) is 15.9 Å². The Morgan fingerprint density at radius 1 is 1.47 bits per heavy atom. The van der Waals surface area contributed by atoms with E-state index >= 15 is 0 Å². The van der Waals surface area contributed by atoms with Gasteiger partial charge < -0.3 is 4.57 Å². The summed E-state index contributed by atoms with van der Waals surface area (Å²) in [6.07, 6.45) is 3.66. The maximum Gasteiger partial charge on any atom is 0.124 e. The molecule has 0 fully saturated rings. The fourth-order valence-electron chi connectivity index (χ4n) is 1.40. The first-order valence-electron chi connectivity index (χ1n) is 4.58. The molecule has 0 aliphatic rings. The molecular weight excluding hydrogens is 259 g/mol. The molecule has 4 heteroatoms. The second kappa shape index (κ2) is 4.14. The number of imidazole rings is 1. The summed E-state index contributed by atoms with van der Waals surface area (Å²) in [5.41, 5.74) is 1.04. The number of aromatic nitrogens is 2. The lowest BCUT2D eigenvalue weighted by atomic mass is 10.2. The standard InChI is InChI=1S/C11H10BrFN2/c1-8-14-4-5-15(8)7-9-2-3-10(13)6-11(9)12/h2-6H,7H2,1H3. The quantitative estimate of drug-likeness (QED) is 0.819. The van der Waals surface area contributed by atoms with Crippen LogP contribution in [0.25, 0.3) is 0 Å². The fourth-order valence-corrected chi connectivity index (χ4v) is 1.88. The maximum absolute atomic E-state index is 12.9. The molecule has 0 atom stereocenters. The van der Waals surface area contributed by atoms with Crippen LogP contribution in [0.4, 0.5) is 4.39 Å². The van der Waals surface area contributed by atoms with E-state index in [1.54, 1.807) is 12.3 Å². The zero-order valence-electron chi connectivity index (χ0n) is 8.24. The normalized spacial score (nSPS) is 10.6. The lowest BCUT2D eigenvalue weighted by Gasteiger charge is -2.07. The van der Waals surface area contributed by atoms with Crippen LogP contribution in [0.2, 0.25) is 0 Å². The highest BCUT2D eigenvalue weighted by atomic mass is 79.9. The Morgan fingerprint density at radius 2 is 2.27 bits per heavy atom. The number of hydrogen-bond acceptors (Lipinski definition) is 1. The molecule has 0 unspecified atom stereocenters. The molecule has 0 N–H and O–H groups in total. The molecule has 2 aromatic rings. The number of halogens is 2. The second-order valence-electron chi connectivity index (χ2n) is 3.34. The SMILES string of the molecule is Cc1nccn1Cc1ccc(F)cc1Br. The summed E-state index contributed by atoms with van der Waals surface area (Å²) in [6, 6.07) is 4.72. The van der Waals surface area contributed by atoms with Crippen molar-refractivity contribution in [1.29, 1.82) is 0 Å². The molecule has 0 amide bonds. The second-order valence-corrected chi connectivity index (χ2v) is 4.19. The summed E-state index contributed by atoms with van der Waals surface area (Å²) in [5.74, 6) is 0.721. The number of benzene rings is 1. The average Bonchev–Trinajstić information content (AvgIpc) is 2.57. The molecule has 0 saturated heterocycles. The Bertz CT molecular complexity index is 479. The highest BCUT2D eigenvalue weighted by Crippen LogP contribution is 2.19. The van der Waals surface area contributed by atoms with Gasteiger partial charge in [0.1, 0.15) is 11.6 Å². The highest BCUT2D eigenvalue weighted by molar-refractivity contribution is 9.10. The van der Waals surface area contributed by atoms with Crippen molar-refractivity contribution in [2.45, 2.75) is 13.5 Å². The van der Waals surface area contributed by atoms with Gasteiger partial charge in [0.15, 0.2) is 0 Å². The minimum Gasteiger partial charge on any atom is -0.331 e. The predicted molar refractivity (Wildman–Crippen MR) is 60.2 cm³/mol. The number of aryl methyl sites for hydroxylation is 1. The van der Waals surface area contributed by atoms with Crippen molar-refractivity contribution in [2.24, 2.45) is 0 Å². The lowest BCUT2D eigenvalue weighted by molar-refractivity contribution is 0.625. The summed E-state index contributed by atoms with van der Waals surface area (Å²) in [4.78, 5) is 4.13. The largest absolute Gasteiger partial charge is 0.331 e. The first-order chi connectivity index (χ1) is 7.16. The van der Waals surface area contributed by atoms with E-state index in [-0.39, 0.29) is 5.82 Å². The van der Waals surface area contributed by atoms with Crippen LogP contribution in [-0.2, 0) is 6.54 Å². The summed E-state index contributed by atoms with van der Waals surface area (Å²) in [5, 5.41) is 0. The molecular formula is C11H10BrFN2. The van der Waals surface area contributed by atoms with Gasteiger partial charge in [0, 0.05) is 23.4 Å². The Morgan fingerprint density at radius 3 is 2.87 bits per heavy atom. The number of hydrogen-bond donors (Lipinski definition) is 0. The van der Waals surface area contributed by atoms with Gasteiger partial charge in [0.25, 0.3) is 0 Å². The van der Waals surface area contributed by atoms with Crippen LogP contribution in [0, 0.1) is 12.7 Å². The lowest BCUT2D eigenvalue weighted by Crippen LogP contribution is -2.01. The maximum atomic E-state index is 12.9. The van der Waals surface area contributed by atoms with Crippen LogP contribution in [0.1, 0.15) is 11.4 Å². The zero-order valence-corrected chi connectivity index (χ0v) is 9.83. The van der Waals surface area contributed by atoms with Crippen molar-refractivity contribution in [2.75, 3.05) is 0 Å². The van der Waals surface area contributed by atoms with Crippen molar-refractivity contribution in [3.05, 3.63) is 52.3 Å². The van der Waals surface area contributed by atoms with Crippen molar-refractivity contribution >= 4 is 15.9 Å². The Balaban J connectivity index is 2.29. The zero-order chi connectivity index (χ0) is 10.8. The third-order valence-electron chi connectivity index (χ3n) is 2.28. The molecule has 0 aliphatic carbocycles. The van der Waals surface area contributed by atoms with E-state index in [0.29, 0.717) is 6.54 Å². The van der Waals surface area contributed by atoms with Gasteiger partial charge in [-0.15, -0.1) is 0 Å². The molecule has 1 aromatic carbocycles. The first-order valence-corrected chi connectivity index (χ1v) is 5.38. The molecule has 0 radical (unpaired) electrons. The topological polar surface area (TPSA) is 17.8 Å². The summed E-state index contributed by atoms with van der Waals surface area (Å²) >= 11 is 3.34. The molecule has 15 heavy (non-hydrogen) atoms. The van der Waals surface area contributed by atoms with Gasteiger partial charge in [-0.05, 0) is 24.6 Å². The summed E-state index contributed by atoms with van der Waals surface area (Å²) < 4.78 is 15.7. The van der Waals surface area contributed by atoms with Gasteiger partial charge in [0.05, 0.1) is 0 Å². The van der Waals surface area contributed by atoms with Crippen LogP contribution in [0.5, 0.6) is 0 Å². The van der Waals surface area contributed by atoms with Gasteiger partial charge in [0.2, 0.25) is 0 Å². The van der Waals surface area contributed by atoms with Crippen molar-refractivity contribution in [1.82, 2.24) is 9.55 Å². The highest BCUT2D eigenvalue weighted by Gasteiger charge is 2.03. The molecule has 1 aromatic heterocycles. The van der Waals surface area contributed by atoms with Gasteiger partial charge >= 0.3 is 0 Å². The van der Waals surface area contributed by atoms with Gasteiger partial charge in [-0.3, -0.25) is 0 Å². The molecule has 2 rings (SSSR count). The van der Waals surface area contributed by atoms with Gasteiger partial charge in [-0.1, -0.05) is 22.0 Å². The van der Waals surface area contributed by atoms with E-state index in [4.69, 9.17) is 0 Å². The third-order valence-corrected chi connectivity index (χ3v) is 3.02. The van der Waals surface area contributed by atoms with Crippen LogP contribution >= 0.6 is 15.9 Å². The van der Waals surface area contributed by atoms with Crippen molar-refractivity contribution < 1.29 is 4.39 Å². The Hall–Kier alpha value is -1.16. The minimum absolute atomic E-state index is 0.229. The monoisotopic (exact) mass is 268 g/mol. The van der Waals surface area contributed by atoms with Crippen LogP contribution in [0.3, 0.4) is 0 Å².